The van der Waals surface area contributed by atoms with Gasteiger partial charge in [0.2, 0.25) is 0 Å². The van der Waals surface area contributed by atoms with Crippen LogP contribution in [-0.2, 0) is 9.53 Å². The van der Waals surface area contributed by atoms with E-state index in [9.17, 15) is 4.79 Å². The van der Waals surface area contributed by atoms with E-state index in [2.05, 4.69) is 57.8 Å². The van der Waals surface area contributed by atoms with Crippen LogP contribution in [0.1, 0.15) is 44.1 Å². The van der Waals surface area contributed by atoms with Crippen LogP contribution in [0, 0.1) is 11.8 Å². The predicted molar refractivity (Wildman–Crippen MR) is 173 cm³/mol. The summed E-state index contributed by atoms with van der Waals surface area (Å²) in [5, 5.41) is 0. The SMILES string of the molecule is COC(=O)[C@H]1CC[C@H]([C@@H](C)N2CC(c3ccc(-n4c(-c5cccnc5N)nc5ccc(-c6ccccc6)nc54)cc3)C2)CC1. The fourth-order valence-electron chi connectivity index (χ4n) is 7.01. The number of methoxy groups -OCH3 is 1. The Labute approximate surface area is 257 Å². The highest BCUT2D eigenvalue weighted by atomic mass is 16.5. The summed E-state index contributed by atoms with van der Waals surface area (Å²) in [6, 6.07) is 27.4. The number of carbonyl (C=O) groups is 1. The quantitative estimate of drug-likeness (QED) is 0.217. The van der Waals surface area contributed by atoms with Gasteiger partial charge in [0, 0.05) is 42.5 Å². The Morgan fingerprint density at radius 3 is 2.36 bits per heavy atom. The lowest BCUT2D eigenvalue weighted by atomic mass is 9.77. The monoisotopic (exact) mass is 586 g/mol. The minimum atomic E-state index is -0.0457. The third-order valence-electron chi connectivity index (χ3n) is 9.75. The van der Waals surface area contributed by atoms with Crippen LogP contribution in [0.3, 0.4) is 0 Å². The number of esters is 1. The van der Waals surface area contributed by atoms with Gasteiger partial charge in [0.05, 0.1) is 24.3 Å². The third-order valence-corrected chi connectivity index (χ3v) is 9.75. The Morgan fingerprint density at radius 2 is 1.66 bits per heavy atom. The lowest BCUT2D eigenvalue weighted by Gasteiger charge is -2.47. The number of anilines is 1. The lowest BCUT2D eigenvalue weighted by molar-refractivity contribution is -0.147. The first-order chi connectivity index (χ1) is 21.5. The molecule has 1 atom stereocenters. The predicted octanol–water partition coefficient (Wildman–Crippen LogP) is 6.50. The molecule has 8 nitrogen and oxygen atoms in total. The molecule has 2 aliphatic rings. The molecule has 1 aliphatic heterocycles. The van der Waals surface area contributed by atoms with Gasteiger partial charge in [-0.15, -0.1) is 0 Å². The van der Waals surface area contributed by atoms with E-state index in [4.69, 9.17) is 20.4 Å². The second-order valence-corrected chi connectivity index (χ2v) is 12.2. The molecule has 4 heterocycles. The fourth-order valence-corrected chi connectivity index (χ4v) is 7.01. The number of imidazole rings is 1. The molecule has 0 radical (unpaired) electrons. The van der Waals surface area contributed by atoms with Crippen LogP contribution >= 0.6 is 0 Å². The van der Waals surface area contributed by atoms with Gasteiger partial charge >= 0.3 is 5.97 Å². The topological polar surface area (TPSA) is 99.2 Å². The lowest BCUT2D eigenvalue weighted by Crippen LogP contribution is -2.52. The molecular formula is C36H38N6O2. The molecule has 0 unspecified atom stereocenters. The molecule has 0 amide bonds. The van der Waals surface area contributed by atoms with Crippen molar-refractivity contribution in [3.05, 3.63) is 90.6 Å². The second-order valence-electron chi connectivity index (χ2n) is 12.2. The molecule has 2 N–H and O–H groups in total. The average Bonchev–Trinajstić information content (AvgIpc) is 3.43. The van der Waals surface area contributed by atoms with Crippen molar-refractivity contribution >= 4 is 23.0 Å². The number of ether oxygens (including phenoxy) is 1. The number of carbonyl (C=O) groups excluding carboxylic acids is 1. The van der Waals surface area contributed by atoms with E-state index < -0.39 is 0 Å². The molecule has 2 fully saturated rings. The van der Waals surface area contributed by atoms with Gasteiger partial charge in [0.1, 0.15) is 11.3 Å². The van der Waals surface area contributed by atoms with E-state index in [-0.39, 0.29) is 11.9 Å². The van der Waals surface area contributed by atoms with Gasteiger partial charge in [-0.05, 0) is 80.5 Å². The Bertz CT molecular complexity index is 1770. The fraction of sp³-hybridized carbons (Fsp3) is 0.333. The van der Waals surface area contributed by atoms with Crippen molar-refractivity contribution < 1.29 is 9.53 Å². The van der Waals surface area contributed by atoms with Gasteiger partial charge in [-0.25, -0.2) is 15.0 Å². The molecule has 8 heteroatoms. The summed E-state index contributed by atoms with van der Waals surface area (Å²) < 4.78 is 7.07. The van der Waals surface area contributed by atoms with E-state index in [1.807, 2.05) is 42.5 Å². The summed E-state index contributed by atoms with van der Waals surface area (Å²) in [5.41, 5.74) is 13.0. The maximum absolute atomic E-state index is 11.9. The number of hydrogen-bond donors (Lipinski definition) is 1. The number of aromatic nitrogens is 4. The zero-order chi connectivity index (χ0) is 30.2. The van der Waals surface area contributed by atoms with Crippen molar-refractivity contribution in [3.8, 4) is 28.3 Å². The minimum Gasteiger partial charge on any atom is -0.469 e. The summed E-state index contributed by atoms with van der Waals surface area (Å²) >= 11 is 0. The van der Waals surface area contributed by atoms with Crippen LogP contribution in [0.5, 0.6) is 0 Å². The number of nitrogens with two attached hydrogens (primary N) is 1. The van der Waals surface area contributed by atoms with Crippen molar-refractivity contribution in [2.75, 3.05) is 25.9 Å². The smallest absolute Gasteiger partial charge is 0.308 e. The first-order valence-electron chi connectivity index (χ1n) is 15.6. The molecule has 1 saturated carbocycles. The van der Waals surface area contributed by atoms with Crippen molar-refractivity contribution in [3.63, 3.8) is 0 Å². The number of nitrogens with zero attached hydrogens (tertiary/aromatic N) is 5. The summed E-state index contributed by atoms with van der Waals surface area (Å²) in [4.78, 5) is 28.9. The summed E-state index contributed by atoms with van der Waals surface area (Å²) in [6.45, 7) is 4.48. The largest absolute Gasteiger partial charge is 0.469 e. The molecule has 1 aliphatic carbocycles. The Balaban J connectivity index is 1.13. The van der Waals surface area contributed by atoms with Gasteiger partial charge in [-0.2, -0.15) is 0 Å². The standard InChI is InChI=1S/C36H38N6O2/c1-23(24-10-12-27(13-11-24)36(43)44-2)41-21-28(22-41)25-14-16-29(17-15-25)42-34(30-9-6-20-38-33(30)37)40-32-19-18-31(39-35(32)42)26-7-4-3-5-8-26/h3-9,14-20,23-24,27-28H,10-13,21-22H2,1-2H3,(H2,37,38)/t23-,24-,27-/m1/s1. The minimum absolute atomic E-state index is 0.0457. The normalized spacial score (nSPS) is 19.9. The van der Waals surface area contributed by atoms with Gasteiger partial charge in [-0.1, -0.05) is 42.5 Å². The van der Waals surface area contributed by atoms with Gasteiger partial charge in [0.15, 0.2) is 11.5 Å². The van der Waals surface area contributed by atoms with Crippen molar-refractivity contribution in [1.82, 2.24) is 24.4 Å². The van der Waals surface area contributed by atoms with Crippen LogP contribution in [0.4, 0.5) is 5.82 Å². The number of hydrogen-bond acceptors (Lipinski definition) is 7. The molecule has 5 aromatic rings. The first-order valence-corrected chi connectivity index (χ1v) is 15.6. The maximum Gasteiger partial charge on any atom is 0.308 e. The average molecular weight is 587 g/mol. The van der Waals surface area contributed by atoms with E-state index >= 15 is 0 Å². The number of pyridine rings is 2. The number of fused-ring (bicyclic) bond motifs is 1. The molecule has 1 saturated heterocycles. The van der Waals surface area contributed by atoms with Crippen molar-refractivity contribution in [2.45, 2.75) is 44.6 Å². The van der Waals surface area contributed by atoms with Crippen LogP contribution in [0.25, 0.3) is 39.5 Å². The third kappa shape index (κ3) is 5.24. The number of benzene rings is 2. The highest BCUT2D eigenvalue weighted by Crippen LogP contribution is 2.38. The zero-order valence-electron chi connectivity index (χ0n) is 25.3. The van der Waals surface area contributed by atoms with Crippen LogP contribution in [0.15, 0.2) is 85.1 Å². The van der Waals surface area contributed by atoms with E-state index in [0.29, 0.717) is 23.7 Å². The number of rotatable bonds is 7. The first kappa shape index (κ1) is 28.2. The van der Waals surface area contributed by atoms with Crippen LogP contribution in [0.2, 0.25) is 0 Å². The summed E-state index contributed by atoms with van der Waals surface area (Å²) in [5.74, 6) is 2.34. The molecule has 2 aromatic carbocycles. The van der Waals surface area contributed by atoms with Crippen molar-refractivity contribution in [2.24, 2.45) is 11.8 Å². The molecule has 7 rings (SSSR count). The van der Waals surface area contributed by atoms with Gasteiger partial charge < -0.3 is 10.5 Å². The summed E-state index contributed by atoms with van der Waals surface area (Å²) in [6.07, 6.45) is 5.77. The Hall–Kier alpha value is -4.56. The maximum atomic E-state index is 11.9. The molecule has 0 spiro atoms. The summed E-state index contributed by atoms with van der Waals surface area (Å²) in [7, 11) is 1.50. The van der Waals surface area contributed by atoms with E-state index in [1.54, 1.807) is 6.20 Å². The van der Waals surface area contributed by atoms with Crippen LogP contribution in [-0.4, -0.2) is 56.6 Å². The molecule has 3 aromatic heterocycles. The highest BCUT2D eigenvalue weighted by molar-refractivity contribution is 5.84. The molecule has 44 heavy (non-hydrogen) atoms. The molecule has 224 valence electrons. The zero-order valence-corrected chi connectivity index (χ0v) is 25.3. The molecule has 0 bridgehead atoms. The Kier molecular flexibility index (Phi) is 7.60. The van der Waals surface area contributed by atoms with E-state index in [0.717, 1.165) is 78.3 Å². The van der Waals surface area contributed by atoms with Crippen LogP contribution < -0.4 is 5.73 Å². The number of likely N-dealkylation sites (tertiary alicyclic amines) is 1. The Morgan fingerprint density at radius 1 is 0.909 bits per heavy atom. The van der Waals surface area contributed by atoms with E-state index in [1.165, 1.54) is 12.7 Å². The van der Waals surface area contributed by atoms with Gasteiger partial charge in [0.25, 0.3) is 0 Å². The van der Waals surface area contributed by atoms with Gasteiger partial charge in [-0.3, -0.25) is 14.3 Å². The molecular weight excluding hydrogens is 548 g/mol. The second kappa shape index (κ2) is 11.8. The number of nitrogen functional groups attached to an aromatic ring is 1. The highest BCUT2D eigenvalue weighted by Gasteiger charge is 2.37. The van der Waals surface area contributed by atoms with Crippen molar-refractivity contribution in [1.29, 1.82) is 0 Å².